The summed E-state index contributed by atoms with van der Waals surface area (Å²) in [5.41, 5.74) is 0. The van der Waals surface area contributed by atoms with Crippen LogP contribution in [0.4, 0.5) is 24.8 Å². The smallest absolute Gasteiger partial charge is 0.405 e. The lowest BCUT2D eigenvalue weighted by atomic mass is 10.4. The Balaban J connectivity index is 2.87. The Hall–Kier alpha value is -1.73. The Morgan fingerprint density at radius 1 is 1.31 bits per heavy atom. The highest BCUT2D eigenvalue weighted by molar-refractivity contribution is 5.63. The molecule has 90 valence electrons. The Morgan fingerprint density at radius 3 is 2.44 bits per heavy atom. The van der Waals surface area contributed by atoms with Crippen LogP contribution in [0.5, 0.6) is 5.75 Å². The molecular formula is C8H11F3N4O. The Bertz CT molecular complexity index is 356. The molecule has 0 saturated carbocycles. The first-order valence-corrected chi connectivity index (χ1v) is 4.35. The van der Waals surface area contributed by atoms with E-state index in [2.05, 4.69) is 20.6 Å². The normalized spacial score (nSPS) is 11.1. The molecule has 0 atom stereocenters. The minimum absolute atomic E-state index is 0.000764. The minimum Gasteiger partial charge on any atom is -0.490 e. The molecule has 1 aromatic rings. The van der Waals surface area contributed by atoms with Crippen molar-refractivity contribution in [2.75, 3.05) is 31.3 Å². The summed E-state index contributed by atoms with van der Waals surface area (Å²) in [6.45, 7) is -1.18. The van der Waals surface area contributed by atoms with Crippen LogP contribution in [0.2, 0.25) is 0 Å². The summed E-state index contributed by atoms with van der Waals surface area (Å²) in [4.78, 5) is 7.48. The largest absolute Gasteiger partial charge is 0.490 e. The van der Waals surface area contributed by atoms with E-state index in [9.17, 15) is 13.2 Å². The molecule has 0 radical (unpaired) electrons. The molecule has 1 heterocycles. The van der Waals surface area contributed by atoms with Gasteiger partial charge in [0.25, 0.3) is 0 Å². The molecule has 0 unspecified atom stereocenters. The zero-order valence-corrected chi connectivity index (χ0v) is 8.72. The van der Waals surface area contributed by atoms with Gasteiger partial charge < -0.3 is 15.4 Å². The molecule has 0 amide bonds. The molecule has 0 fully saturated rings. The van der Waals surface area contributed by atoms with Gasteiger partial charge in [-0.25, -0.2) is 9.97 Å². The maximum atomic E-state index is 12.0. The molecule has 2 N–H and O–H groups in total. The van der Waals surface area contributed by atoms with Crippen LogP contribution in [0.3, 0.4) is 0 Å². The highest BCUT2D eigenvalue weighted by Gasteiger charge is 2.27. The van der Waals surface area contributed by atoms with Crippen LogP contribution in [-0.2, 0) is 0 Å². The van der Waals surface area contributed by atoms with Gasteiger partial charge in [-0.15, -0.1) is 0 Å². The van der Waals surface area contributed by atoms with Crippen molar-refractivity contribution in [1.29, 1.82) is 0 Å². The lowest BCUT2D eigenvalue weighted by Gasteiger charge is -2.13. The Morgan fingerprint density at radius 2 is 1.94 bits per heavy atom. The van der Waals surface area contributed by atoms with E-state index < -0.39 is 12.7 Å². The third-order valence-electron chi connectivity index (χ3n) is 1.70. The van der Waals surface area contributed by atoms with Crippen LogP contribution >= 0.6 is 0 Å². The van der Waals surface area contributed by atoms with Gasteiger partial charge in [0.15, 0.2) is 11.6 Å². The SMILES string of the molecule is CNc1ncnc(NCC(F)(F)F)c1OC. The molecule has 8 heteroatoms. The van der Waals surface area contributed by atoms with Crippen molar-refractivity contribution >= 4 is 11.6 Å². The fraction of sp³-hybridized carbons (Fsp3) is 0.500. The van der Waals surface area contributed by atoms with Crippen molar-refractivity contribution in [3.8, 4) is 5.75 Å². The summed E-state index contributed by atoms with van der Waals surface area (Å²) in [5.74, 6) is 0.468. The average Bonchev–Trinajstić information content (AvgIpc) is 2.24. The summed E-state index contributed by atoms with van der Waals surface area (Å²) in [7, 11) is 2.91. The summed E-state index contributed by atoms with van der Waals surface area (Å²) in [6.07, 6.45) is -3.16. The second kappa shape index (κ2) is 4.86. The molecule has 5 nitrogen and oxygen atoms in total. The first-order valence-electron chi connectivity index (χ1n) is 4.35. The van der Waals surface area contributed by atoms with Gasteiger partial charge in [0, 0.05) is 7.05 Å². The number of ether oxygens (including phenoxy) is 1. The molecule has 0 aliphatic heterocycles. The average molecular weight is 236 g/mol. The summed E-state index contributed by atoms with van der Waals surface area (Å²) < 4.78 is 40.9. The number of nitrogens with zero attached hydrogens (tertiary/aromatic N) is 2. The summed E-state index contributed by atoms with van der Waals surface area (Å²) >= 11 is 0. The Labute approximate surface area is 90.0 Å². The first-order chi connectivity index (χ1) is 7.48. The van der Waals surface area contributed by atoms with E-state index in [1.165, 1.54) is 7.11 Å². The van der Waals surface area contributed by atoms with Gasteiger partial charge in [-0.3, -0.25) is 0 Å². The van der Waals surface area contributed by atoms with E-state index in [1.54, 1.807) is 7.05 Å². The van der Waals surface area contributed by atoms with E-state index in [-0.39, 0.29) is 11.6 Å². The molecular weight excluding hydrogens is 225 g/mol. The number of halogens is 3. The van der Waals surface area contributed by atoms with Crippen molar-refractivity contribution in [3.05, 3.63) is 6.33 Å². The molecule has 0 saturated heterocycles. The molecule has 0 aliphatic rings. The second-order valence-corrected chi connectivity index (χ2v) is 2.82. The number of hydrogen-bond acceptors (Lipinski definition) is 5. The predicted octanol–water partition coefficient (Wildman–Crippen LogP) is 1.50. The number of hydrogen-bond donors (Lipinski definition) is 2. The fourth-order valence-electron chi connectivity index (χ4n) is 1.06. The molecule has 0 bridgehead atoms. The van der Waals surface area contributed by atoms with Crippen molar-refractivity contribution < 1.29 is 17.9 Å². The monoisotopic (exact) mass is 236 g/mol. The number of anilines is 2. The van der Waals surface area contributed by atoms with Gasteiger partial charge in [0.1, 0.15) is 12.9 Å². The van der Waals surface area contributed by atoms with E-state index in [0.717, 1.165) is 6.33 Å². The number of methoxy groups -OCH3 is 1. The van der Waals surface area contributed by atoms with E-state index in [1.807, 2.05) is 0 Å². The highest BCUT2D eigenvalue weighted by atomic mass is 19.4. The minimum atomic E-state index is -4.31. The number of aromatic nitrogens is 2. The molecule has 0 aliphatic carbocycles. The summed E-state index contributed by atoms with van der Waals surface area (Å²) in [5, 5.41) is 4.82. The molecule has 1 rings (SSSR count). The van der Waals surface area contributed by atoms with Crippen LogP contribution in [0.15, 0.2) is 6.33 Å². The quantitative estimate of drug-likeness (QED) is 0.829. The summed E-state index contributed by atoms with van der Waals surface area (Å²) in [6, 6.07) is 0. The van der Waals surface area contributed by atoms with Crippen molar-refractivity contribution in [1.82, 2.24) is 9.97 Å². The molecule has 1 aromatic heterocycles. The zero-order chi connectivity index (χ0) is 12.2. The van der Waals surface area contributed by atoms with E-state index in [4.69, 9.17) is 4.74 Å². The number of nitrogens with one attached hydrogen (secondary N) is 2. The van der Waals surface area contributed by atoms with Gasteiger partial charge in [-0.1, -0.05) is 0 Å². The second-order valence-electron chi connectivity index (χ2n) is 2.82. The van der Waals surface area contributed by atoms with Gasteiger partial charge in [0.2, 0.25) is 5.75 Å². The topological polar surface area (TPSA) is 59.1 Å². The number of rotatable bonds is 4. The maximum absolute atomic E-state index is 12.0. The van der Waals surface area contributed by atoms with Gasteiger partial charge in [-0.2, -0.15) is 13.2 Å². The Kier molecular flexibility index (Phi) is 3.75. The third kappa shape index (κ3) is 3.14. The van der Waals surface area contributed by atoms with Gasteiger partial charge >= 0.3 is 6.18 Å². The van der Waals surface area contributed by atoms with Crippen molar-refractivity contribution in [3.63, 3.8) is 0 Å². The van der Waals surface area contributed by atoms with Crippen LogP contribution in [0, 0.1) is 0 Å². The van der Waals surface area contributed by atoms with Crippen LogP contribution in [-0.4, -0.2) is 36.8 Å². The lowest BCUT2D eigenvalue weighted by molar-refractivity contribution is -0.115. The molecule has 16 heavy (non-hydrogen) atoms. The van der Waals surface area contributed by atoms with Crippen LogP contribution in [0.1, 0.15) is 0 Å². The first kappa shape index (κ1) is 12.3. The van der Waals surface area contributed by atoms with Crippen LogP contribution in [0.25, 0.3) is 0 Å². The third-order valence-corrected chi connectivity index (χ3v) is 1.70. The lowest BCUT2D eigenvalue weighted by Crippen LogP contribution is -2.22. The zero-order valence-electron chi connectivity index (χ0n) is 8.72. The molecule has 0 spiro atoms. The maximum Gasteiger partial charge on any atom is 0.405 e. The van der Waals surface area contributed by atoms with E-state index >= 15 is 0 Å². The van der Waals surface area contributed by atoms with Crippen LogP contribution < -0.4 is 15.4 Å². The number of alkyl halides is 3. The van der Waals surface area contributed by atoms with Gasteiger partial charge in [-0.05, 0) is 0 Å². The standard InChI is InChI=1S/C8H11F3N4O/c1-12-6-5(16-2)7(15-4-14-6)13-3-8(9,10)11/h4H,3H2,1-2H3,(H2,12,13,14,15). The molecule has 0 aromatic carbocycles. The van der Waals surface area contributed by atoms with E-state index in [0.29, 0.717) is 5.82 Å². The highest BCUT2D eigenvalue weighted by Crippen LogP contribution is 2.29. The predicted molar refractivity (Wildman–Crippen MR) is 52.7 cm³/mol. The fourth-order valence-corrected chi connectivity index (χ4v) is 1.06. The van der Waals surface area contributed by atoms with Crippen molar-refractivity contribution in [2.24, 2.45) is 0 Å². The van der Waals surface area contributed by atoms with Crippen molar-refractivity contribution in [2.45, 2.75) is 6.18 Å². The van der Waals surface area contributed by atoms with Gasteiger partial charge in [0.05, 0.1) is 7.11 Å².